The minimum absolute atomic E-state index is 0.126. The fourth-order valence-electron chi connectivity index (χ4n) is 5.61. The van der Waals surface area contributed by atoms with Gasteiger partial charge in [-0.25, -0.2) is 14.6 Å². The van der Waals surface area contributed by atoms with Crippen LogP contribution in [0.1, 0.15) is 74.5 Å². The molecule has 0 radical (unpaired) electrons. The number of hydrogen-bond donors (Lipinski definition) is 2. The molecule has 2 fully saturated rings. The smallest absolute Gasteiger partial charge is 0.267 e. The number of aromatic nitrogens is 4. The van der Waals surface area contributed by atoms with Gasteiger partial charge in [0.15, 0.2) is 0 Å². The monoisotopic (exact) mass is 438 g/mol. The number of fused-ring (bicyclic) bond motifs is 1. The van der Waals surface area contributed by atoms with Crippen molar-refractivity contribution < 1.29 is 5.11 Å². The summed E-state index contributed by atoms with van der Waals surface area (Å²) >= 11 is 0. The Hall–Kier alpha value is -2.48. The summed E-state index contributed by atoms with van der Waals surface area (Å²) in [5.74, 6) is 2.64. The van der Waals surface area contributed by atoms with Crippen molar-refractivity contribution >= 4 is 11.6 Å². The quantitative estimate of drug-likeness (QED) is 0.741. The first-order valence-corrected chi connectivity index (χ1v) is 12.2. The summed E-state index contributed by atoms with van der Waals surface area (Å²) in [6.07, 6.45) is 9.70. The van der Waals surface area contributed by atoms with Crippen LogP contribution in [0.25, 0.3) is 0 Å². The average Bonchev–Trinajstić information content (AvgIpc) is 3.27. The summed E-state index contributed by atoms with van der Waals surface area (Å²) < 4.78 is 1.54. The van der Waals surface area contributed by atoms with Gasteiger partial charge in [-0.15, -0.1) is 0 Å². The number of anilines is 2. The van der Waals surface area contributed by atoms with Gasteiger partial charge in [0.1, 0.15) is 17.5 Å². The minimum Gasteiger partial charge on any atom is -0.391 e. The van der Waals surface area contributed by atoms with Gasteiger partial charge in [-0.1, -0.05) is 12.8 Å². The highest BCUT2D eigenvalue weighted by atomic mass is 16.3. The highest BCUT2D eigenvalue weighted by Crippen LogP contribution is 2.30. The number of nitrogens with one attached hydrogen (secondary N) is 1. The molecule has 2 aromatic heterocycles. The van der Waals surface area contributed by atoms with Crippen molar-refractivity contribution in [2.75, 3.05) is 23.3 Å². The van der Waals surface area contributed by atoms with Crippen LogP contribution in [0.2, 0.25) is 0 Å². The van der Waals surface area contributed by atoms with E-state index in [-0.39, 0.29) is 17.6 Å². The van der Waals surface area contributed by atoms with Crippen LogP contribution in [-0.4, -0.2) is 50.1 Å². The van der Waals surface area contributed by atoms with E-state index in [9.17, 15) is 9.90 Å². The molecular weight excluding hydrogens is 404 g/mol. The second kappa shape index (κ2) is 9.17. The summed E-state index contributed by atoms with van der Waals surface area (Å²) in [6, 6.07) is 3.53. The first-order chi connectivity index (χ1) is 15.6. The van der Waals surface area contributed by atoms with E-state index in [4.69, 9.17) is 10.1 Å². The SMILES string of the molecule is Cc1nc2c(c(NCC3CCCCN3c3ccc(=O)n(C4CCCCC4O)n3)n1)CCC2. The summed E-state index contributed by atoms with van der Waals surface area (Å²) in [5.41, 5.74) is 2.34. The molecule has 0 aromatic carbocycles. The summed E-state index contributed by atoms with van der Waals surface area (Å²) in [6.45, 7) is 3.67. The van der Waals surface area contributed by atoms with Gasteiger partial charge in [-0.3, -0.25) is 4.79 Å². The third-order valence-corrected chi connectivity index (χ3v) is 7.29. The molecule has 32 heavy (non-hydrogen) atoms. The van der Waals surface area contributed by atoms with Crippen molar-refractivity contribution in [3.63, 3.8) is 0 Å². The van der Waals surface area contributed by atoms with Crippen LogP contribution in [0.15, 0.2) is 16.9 Å². The highest BCUT2D eigenvalue weighted by molar-refractivity contribution is 5.49. The van der Waals surface area contributed by atoms with E-state index in [0.29, 0.717) is 0 Å². The van der Waals surface area contributed by atoms with Crippen LogP contribution in [0.4, 0.5) is 11.6 Å². The van der Waals surface area contributed by atoms with Crippen LogP contribution in [-0.2, 0) is 12.8 Å². The molecule has 5 rings (SSSR count). The standard InChI is InChI=1S/C24H34N6O2/c1-16-26-19-9-6-8-18(19)24(27-16)25-15-17-7-4-5-14-29(17)22-12-13-23(32)30(28-22)20-10-2-3-11-21(20)31/h12-13,17,20-21,31H,2-11,14-15H2,1H3,(H,25,26,27). The van der Waals surface area contributed by atoms with Gasteiger partial charge in [0.25, 0.3) is 5.56 Å². The molecule has 2 N–H and O–H groups in total. The van der Waals surface area contributed by atoms with E-state index in [1.807, 2.05) is 13.0 Å². The van der Waals surface area contributed by atoms with Crippen molar-refractivity contribution in [1.82, 2.24) is 19.7 Å². The van der Waals surface area contributed by atoms with E-state index in [1.54, 1.807) is 10.7 Å². The number of rotatable bonds is 5. The molecule has 1 saturated carbocycles. The lowest BCUT2D eigenvalue weighted by molar-refractivity contribution is 0.0669. The van der Waals surface area contributed by atoms with Crippen molar-refractivity contribution in [1.29, 1.82) is 0 Å². The zero-order valence-corrected chi connectivity index (χ0v) is 19.0. The number of aliphatic hydroxyl groups excluding tert-OH is 1. The summed E-state index contributed by atoms with van der Waals surface area (Å²) in [7, 11) is 0. The molecule has 3 unspecified atom stereocenters. The van der Waals surface area contributed by atoms with Crippen molar-refractivity contribution in [2.24, 2.45) is 0 Å². The fraction of sp³-hybridized carbons (Fsp3) is 0.667. The number of hydrogen-bond acceptors (Lipinski definition) is 7. The summed E-state index contributed by atoms with van der Waals surface area (Å²) in [5, 5.41) is 18.9. The maximum absolute atomic E-state index is 12.6. The molecule has 2 aliphatic carbocycles. The first-order valence-electron chi connectivity index (χ1n) is 12.2. The minimum atomic E-state index is -0.494. The Balaban J connectivity index is 1.36. The van der Waals surface area contributed by atoms with Crippen LogP contribution >= 0.6 is 0 Å². The Morgan fingerprint density at radius 3 is 2.78 bits per heavy atom. The molecule has 2 aromatic rings. The molecule has 0 amide bonds. The molecule has 0 bridgehead atoms. The second-order valence-corrected chi connectivity index (χ2v) is 9.52. The van der Waals surface area contributed by atoms with Crippen molar-refractivity contribution in [2.45, 2.75) is 89.3 Å². The van der Waals surface area contributed by atoms with Gasteiger partial charge in [0.2, 0.25) is 0 Å². The predicted molar refractivity (Wildman–Crippen MR) is 124 cm³/mol. The van der Waals surface area contributed by atoms with Crippen LogP contribution in [0.5, 0.6) is 0 Å². The lowest BCUT2D eigenvalue weighted by Crippen LogP contribution is -2.45. The van der Waals surface area contributed by atoms with Crippen LogP contribution in [0.3, 0.4) is 0 Å². The third-order valence-electron chi connectivity index (χ3n) is 7.29. The molecule has 3 atom stereocenters. The zero-order chi connectivity index (χ0) is 22.1. The maximum Gasteiger partial charge on any atom is 0.267 e. The molecule has 0 spiro atoms. The number of piperidine rings is 1. The molecule has 8 heteroatoms. The van der Waals surface area contributed by atoms with E-state index in [1.165, 1.54) is 17.7 Å². The summed E-state index contributed by atoms with van der Waals surface area (Å²) in [4.78, 5) is 24.2. The average molecular weight is 439 g/mol. The fourth-order valence-corrected chi connectivity index (χ4v) is 5.61. The molecular formula is C24H34N6O2. The Morgan fingerprint density at radius 1 is 1.06 bits per heavy atom. The number of aliphatic hydroxyl groups is 1. The Kier molecular flexibility index (Phi) is 6.13. The van der Waals surface area contributed by atoms with Gasteiger partial charge >= 0.3 is 0 Å². The third kappa shape index (κ3) is 4.25. The second-order valence-electron chi connectivity index (χ2n) is 9.52. The maximum atomic E-state index is 12.6. The Bertz CT molecular complexity index is 1020. The van der Waals surface area contributed by atoms with Crippen molar-refractivity contribution in [3.05, 3.63) is 39.6 Å². The Labute approximate surface area is 189 Å². The molecule has 172 valence electrons. The van der Waals surface area contributed by atoms with E-state index in [0.717, 1.165) is 88.3 Å². The van der Waals surface area contributed by atoms with E-state index in [2.05, 4.69) is 15.2 Å². The number of aryl methyl sites for hydroxylation is 2. The lowest BCUT2D eigenvalue weighted by atomic mass is 9.93. The predicted octanol–water partition coefficient (Wildman–Crippen LogP) is 2.78. The van der Waals surface area contributed by atoms with Crippen molar-refractivity contribution in [3.8, 4) is 0 Å². The largest absolute Gasteiger partial charge is 0.391 e. The van der Waals surface area contributed by atoms with E-state index >= 15 is 0 Å². The Morgan fingerprint density at radius 2 is 1.91 bits per heavy atom. The first kappa shape index (κ1) is 21.4. The number of nitrogens with zero attached hydrogens (tertiary/aromatic N) is 5. The van der Waals surface area contributed by atoms with Gasteiger partial charge in [0.05, 0.1) is 12.1 Å². The van der Waals surface area contributed by atoms with Gasteiger partial charge < -0.3 is 15.3 Å². The van der Waals surface area contributed by atoms with Crippen LogP contribution < -0.4 is 15.8 Å². The van der Waals surface area contributed by atoms with Gasteiger partial charge in [0, 0.05) is 36.5 Å². The lowest BCUT2D eigenvalue weighted by Gasteiger charge is -2.37. The highest BCUT2D eigenvalue weighted by Gasteiger charge is 2.29. The van der Waals surface area contributed by atoms with Crippen LogP contribution in [0, 0.1) is 6.92 Å². The molecule has 1 saturated heterocycles. The van der Waals surface area contributed by atoms with E-state index < -0.39 is 6.10 Å². The zero-order valence-electron chi connectivity index (χ0n) is 19.0. The molecule has 8 nitrogen and oxygen atoms in total. The van der Waals surface area contributed by atoms with Gasteiger partial charge in [-0.2, -0.15) is 5.10 Å². The normalized spacial score (nSPS) is 25.6. The van der Waals surface area contributed by atoms with Gasteiger partial charge in [-0.05, 0) is 64.4 Å². The molecule has 3 heterocycles. The molecule has 3 aliphatic rings. The molecule has 1 aliphatic heterocycles. The topological polar surface area (TPSA) is 96.2 Å².